The molecule has 2 aromatic rings. The van der Waals surface area contributed by atoms with E-state index >= 15 is 0 Å². The van der Waals surface area contributed by atoms with Crippen molar-refractivity contribution in [2.45, 2.75) is 56.6 Å². The second-order valence-electron chi connectivity index (χ2n) is 8.98. The van der Waals surface area contributed by atoms with Gasteiger partial charge in [-0.05, 0) is 68.1 Å². The summed E-state index contributed by atoms with van der Waals surface area (Å²) in [5.74, 6) is -0.106. The summed E-state index contributed by atoms with van der Waals surface area (Å²) in [5, 5.41) is 3.01. The highest BCUT2D eigenvalue weighted by Gasteiger charge is 2.32. The molecule has 0 radical (unpaired) electrons. The van der Waals surface area contributed by atoms with Crippen LogP contribution in [0, 0.1) is 5.92 Å². The van der Waals surface area contributed by atoms with E-state index in [1.165, 1.54) is 37.3 Å². The first kappa shape index (κ1) is 25.5. The zero-order valence-electron chi connectivity index (χ0n) is 19.5. The second kappa shape index (κ2) is 11.0. The Hall–Kier alpha value is -2.62. The molecule has 2 amide bonds. The summed E-state index contributed by atoms with van der Waals surface area (Å²) in [4.78, 5) is 26.1. The Kier molecular flexibility index (Phi) is 7.98. The number of benzene rings is 2. The zero-order valence-corrected chi connectivity index (χ0v) is 21.1. The highest BCUT2D eigenvalue weighted by Crippen LogP contribution is 2.32. The maximum absolute atomic E-state index is 13.2. The molecule has 2 aromatic carbocycles. The van der Waals surface area contributed by atoms with Gasteiger partial charge < -0.3 is 19.1 Å². The molecule has 1 aliphatic carbocycles. The molecule has 1 saturated carbocycles. The van der Waals surface area contributed by atoms with E-state index in [1.54, 1.807) is 17.0 Å². The Balaban J connectivity index is 1.56. The first-order chi connectivity index (χ1) is 16.7. The maximum atomic E-state index is 13.2. The highest BCUT2D eigenvalue weighted by molar-refractivity contribution is 7.87. The largest absolute Gasteiger partial charge is 0.379 e. The standard InChI is InChI=1S/C25H29ClN2O6S/c1-17(29)27-21-8-10-23(11-9-21)35(31,32)34-24-12-7-20(26)14-19(24)15-28(16-22-6-3-13-33-22)25(30)18-4-2-5-18/h7-12,14,18,22H,2-6,13,15-16H2,1H3,(H,27,29)/t22-/m0/s1. The fourth-order valence-electron chi connectivity index (χ4n) is 4.21. The van der Waals surface area contributed by atoms with Crippen molar-refractivity contribution in [1.82, 2.24) is 4.90 Å². The lowest BCUT2D eigenvalue weighted by Crippen LogP contribution is -2.42. The van der Waals surface area contributed by atoms with Gasteiger partial charge in [0.1, 0.15) is 10.6 Å². The summed E-state index contributed by atoms with van der Waals surface area (Å²) in [6, 6.07) is 10.4. The highest BCUT2D eigenvalue weighted by atomic mass is 35.5. The molecule has 1 aliphatic heterocycles. The average Bonchev–Trinajstić information content (AvgIpc) is 3.27. The topological polar surface area (TPSA) is 102 Å². The van der Waals surface area contributed by atoms with Crippen LogP contribution in [0.25, 0.3) is 0 Å². The van der Waals surface area contributed by atoms with Crippen molar-refractivity contribution in [2.75, 3.05) is 18.5 Å². The molecule has 188 valence electrons. The van der Waals surface area contributed by atoms with E-state index in [0.29, 0.717) is 29.4 Å². The molecule has 10 heteroatoms. The van der Waals surface area contributed by atoms with Gasteiger partial charge in [0.2, 0.25) is 11.8 Å². The lowest BCUT2D eigenvalue weighted by Gasteiger charge is -2.33. The van der Waals surface area contributed by atoms with Gasteiger partial charge in [0.05, 0.1) is 6.10 Å². The molecule has 0 bridgehead atoms. The van der Waals surface area contributed by atoms with Gasteiger partial charge in [0, 0.05) is 48.8 Å². The number of hydrogen-bond acceptors (Lipinski definition) is 6. The summed E-state index contributed by atoms with van der Waals surface area (Å²) >= 11 is 6.23. The molecule has 0 aromatic heterocycles. The Morgan fingerprint density at radius 3 is 2.46 bits per heavy atom. The summed E-state index contributed by atoms with van der Waals surface area (Å²) in [5.41, 5.74) is 0.976. The van der Waals surface area contributed by atoms with Crippen LogP contribution >= 0.6 is 11.6 Å². The molecule has 2 fully saturated rings. The van der Waals surface area contributed by atoms with Crippen molar-refractivity contribution >= 4 is 39.2 Å². The number of carbonyl (C=O) groups excluding carboxylic acids is 2. The van der Waals surface area contributed by atoms with E-state index in [1.807, 2.05) is 0 Å². The Bertz CT molecular complexity index is 1170. The third-order valence-electron chi connectivity index (χ3n) is 6.26. The van der Waals surface area contributed by atoms with Gasteiger partial charge in [0.15, 0.2) is 0 Å². The first-order valence-electron chi connectivity index (χ1n) is 11.7. The van der Waals surface area contributed by atoms with Crippen LogP contribution in [0.4, 0.5) is 5.69 Å². The smallest absolute Gasteiger partial charge is 0.339 e. The molecule has 1 saturated heterocycles. The Morgan fingerprint density at radius 2 is 1.86 bits per heavy atom. The summed E-state index contributed by atoms with van der Waals surface area (Å²) in [7, 11) is -4.17. The van der Waals surface area contributed by atoms with Gasteiger partial charge >= 0.3 is 10.1 Å². The number of carbonyl (C=O) groups is 2. The van der Waals surface area contributed by atoms with Crippen molar-refractivity contribution in [3.63, 3.8) is 0 Å². The number of anilines is 1. The number of halogens is 1. The van der Waals surface area contributed by atoms with Gasteiger partial charge in [-0.15, -0.1) is 0 Å². The fraction of sp³-hybridized carbons (Fsp3) is 0.440. The van der Waals surface area contributed by atoms with Gasteiger partial charge in [-0.1, -0.05) is 18.0 Å². The van der Waals surface area contributed by atoms with Crippen LogP contribution in [0.1, 0.15) is 44.6 Å². The van der Waals surface area contributed by atoms with Crippen LogP contribution in [-0.4, -0.2) is 44.4 Å². The number of ether oxygens (including phenoxy) is 1. The molecule has 0 spiro atoms. The average molecular weight is 521 g/mol. The third kappa shape index (κ3) is 6.54. The monoisotopic (exact) mass is 520 g/mol. The number of rotatable bonds is 9. The molecule has 35 heavy (non-hydrogen) atoms. The van der Waals surface area contributed by atoms with Crippen LogP contribution in [0.3, 0.4) is 0 Å². The van der Waals surface area contributed by atoms with E-state index in [-0.39, 0.29) is 41.0 Å². The molecular formula is C25H29ClN2O6S. The third-order valence-corrected chi connectivity index (χ3v) is 7.74. The zero-order chi connectivity index (χ0) is 25.0. The molecule has 4 rings (SSSR count). The van der Waals surface area contributed by atoms with Crippen LogP contribution in [0.15, 0.2) is 47.4 Å². The van der Waals surface area contributed by atoms with Gasteiger partial charge in [-0.3, -0.25) is 9.59 Å². The molecule has 2 aliphatic rings. The van der Waals surface area contributed by atoms with E-state index < -0.39 is 10.1 Å². The summed E-state index contributed by atoms with van der Waals surface area (Å²) in [6.45, 7) is 2.66. The first-order valence-corrected chi connectivity index (χ1v) is 13.5. The number of hydrogen-bond donors (Lipinski definition) is 1. The van der Waals surface area contributed by atoms with E-state index in [2.05, 4.69) is 5.32 Å². The van der Waals surface area contributed by atoms with Gasteiger partial charge in [0.25, 0.3) is 0 Å². The quantitative estimate of drug-likeness (QED) is 0.492. The SMILES string of the molecule is CC(=O)Nc1ccc(S(=O)(=O)Oc2ccc(Cl)cc2CN(C[C@@H]2CCCO2)C(=O)C2CCC2)cc1. The van der Waals surface area contributed by atoms with Gasteiger partial charge in [-0.25, -0.2) is 0 Å². The number of amides is 2. The molecule has 8 nitrogen and oxygen atoms in total. The van der Waals surface area contributed by atoms with Crippen LogP contribution < -0.4 is 9.50 Å². The predicted octanol–water partition coefficient (Wildman–Crippen LogP) is 4.37. The van der Waals surface area contributed by atoms with Crippen molar-refractivity contribution in [3.05, 3.63) is 53.1 Å². The Labute approximate surface area is 210 Å². The number of nitrogens with zero attached hydrogens (tertiary/aromatic N) is 1. The van der Waals surface area contributed by atoms with Crippen LogP contribution in [0.2, 0.25) is 5.02 Å². The van der Waals surface area contributed by atoms with Crippen molar-refractivity contribution in [3.8, 4) is 5.75 Å². The molecule has 1 N–H and O–H groups in total. The van der Waals surface area contributed by atoms with Crippen LogP contribution in [0.5, 0.6) is 5.75 Å². The Morgan fingerprint density at radius 1 is 1.11 bits per heavy atom. The summed E-state index contributed by atoms with van der Waals surface area (Å²) < 4.78 is 37.2. The molecule has 1 atom stereocenters. The van der Waals surface area contributed by atoms with Gasteiger partial charge in [-0.2, -0.15) is 8.42 Å². The number of nitrogens with one attached hydrogen (secondary N) is 1. The van der Waals surface area contributed by atoms with E-state index in [9.17, 15) is 18.0 Å². The van der Waals surface area contributed by atoms with Crippen molar-refractivity contribution in [1.29, 1.82) is 0 Å². The van der Waals surface area contributed by atoms with Crippen molar-refractivity contribution in [2.24, 2.45) is 5.92 Å². The van der Waals surface area contributed by atoms with Crippen molar-refractivity contribution < 1.29 is 26.9 Å². The fourth-order valence-corrected chi connectivity index (χ4v) is 5.37. The van der Waals surface area contributed by atoms with Crippen LogP contribution in [-0.2, 0) is 31.0 Å². The van der Waals surface area contributed by atoms with E-state index in [0.717, 1.165) is 32.1 Å². The molecule has 0 unspecified atom stereocenters. The second-order valence-corrected chi connectivity index (χ2v) is 11.0. The minimum Gasteiger partial charge on any atom is -0.379 e. The molecular weight excluding hydrogens is 492 g/mol. The maximum Gasteiger partial charge on any atom is 0.339 e. The lowest BCUT2D eigenvalue weighted by atomic mass is 9.84. The van der Waals surface area contributed by atoms with E-state index in [4.69, 9.17) is 20.5 Å². The molecule has 1 heterocycles. The summed E-state index contributed by atoms with van der Waals surface area (Å²) in [6.07, 6.45) is 4.57. The predicted molar refractivity (Wildman–Crippen MR) is 132 cm³/mol. The lowest BCUT2D eigenvalue weighted by molar-refractivity contribution is -0.140. The minimum atomic E-state index is -4.17. The minimum absolute atomic E-state index is 0.00850. The normalized spacial score (nSPS) is 18.1.